The summed E-state index contributed by atoms with van der Waals surface area (Å²) in [5.41, 5.74) is -2.07. The number of nitrogens with one attached hydrogen (secondary N) is 1. The van der Waals surface area contributed by atoms with Crippen LogP contribution in [0.1, 0.15) is 66.2 Å². The maximum atomic E-state index is 5.99. The Morgan fingerprint density at radius 2 is 2.00 bits per heavy atom. The van der Waals surface area contributed by atoms with Gasteiger partial charge in [0.15, 0.2) is 0 Å². The zero-order chi connectivity index (χ0) is 15.0. The molecule has 20 heavy (non-hydrogen) atoms. The molecule has 0 heterocycles. The fraction of sp³-hybridized carbons (Fsp3) is 0.929. The van der Waals surface area contributed by atoms with Gasteiger partial charge in [0.1, 0.15) is 0 Å². The van der Waals surface area contributed by atoms with Crippen LogP contribution in [0.15, 0.2) is 4.99 Å². The van der Waals surface area contributed by atoms with E-state index < -0.39 is 5.62 Å². The molecule has 0 radical (unpaired) electrons. The maximum absolute atomic E-state index is 5.99. The van der Waals surface area contributed by atoms with E-state index in [1.54, 1.807) is 11.4 Å². The average Bonchev–Trinajstić information content (AvgIpc) is 2.38. The van der Waals surface area contributed by atoms with Gasteiger partial charge in [-0.15, -0.1) is 0 Å². The molecule has 1 aliphatic rings. The third kappa shape index (κ3) is 7.44. The molecule has 2 unspecified atom stereocenters. The molecule has 0 saturated heterocycles. The molecule has 1 rings (SSSR count). The molecular formula is C14H29N2OPS2. The fourth-order valence-corrected chi connectivity index (χ4v) is 8.51. The summed E-state index contributed by atoms with van der Waals surface area (Å²) < 4.78 is 5.99. The quantitative estimate of drug-likeness (QED) is 0.379. The van der Waals surface area contributed by atoms with Crippen LogP contribution in [0.25, 0.3) is 0 Å². The molecule has 1 saturated carbocycles. The van der Waals surface area contributed by atoms with Gasteiger partial charge in [0.05, 0.1) is 18.5 Å². The highest BCUT2D eigenvalue weighted by molar-refractivity contribution is 8.69. The minimum atomic E-state index is -2.07. The molecular weight excluding hydrogens is 307 g/mol. The number of hydrogen-bond donors (Lipinski definition) is 1. The van der Waals surface area contributed by atoms with E-state index >= 15 is 0 Å². The van der Waals surface area contributed by atoms with Gasteiger partial charge in [-0.2, -0.15) is 0 Å². The van der Waals surface area contributed by atoms with Gasteiger partial charge in [-0.25, -0.2) is 0 Å². The second-order valence-corrected chi connectivity index (χ2v) is 12.6. The lowest BCUT2D eigenvalue weighted by atomic mass is 9.96. The van der Waals surface area contributed by atoms with Crippen LogP contribution in [0.3, 0.4) is 0 Å². The summed E-state index contributed by atoms with van der Waals surface area (Å²) in [6.07, 6.45) is 9.47. The van der Waals surface area contributed by atoms with E-state index in [-0.39, 0.29) is 6.10 Å². The number of aliphatic imine (C=N–C) groups is 1. The van der Waals surface area contributed by atoms with Crippen molar-refractivity contribution in [3.8, 4) is 0 Å². The molecule has 1 N–H and O–H groups in total. The molecule has 0 amide bonds. The standard InChI is InChI=1S/C14H29N2OPS2/c1-5-13(4)20-18(19,17-12(2)3)16-11-15-14-9-7-6-8-10-14/h11-14H,5-10H2,1-4H3,(H,15,16,19). The van der Waals surface area contributed by atoms with Crippen LogP contribution < -0.4 is 5.09 Å². The molecule has 0 aromatic heterocycles. The topological polar surface area (TPSA) is 33.6 Å². The van der Waals surface area contributed by atoms with Gasteiger partial charge >= 0.3 is 0 Å². The summed E-state index contributed by atoms with van der Waals surface area (Å²) in [5.74, 6) is 0. The van der Waals surface area contributed by atoms with Crippen molar-refractivity contribution in [1.82, 2.24) is 5.09 Å². The van der Waals surface area contributed by atoms with Gasteiger partial charge in [-0.05, 0) is 44.9 Å². The summed E-state index contributed by atoms with van der Waals surface area (Å²) in [5, 5.41) is 3.82. The Bertz CT molecular complexity index is 344. The Balaban J connectivity index is 2.54. The highest BCUT2D eigenvalue weighted by Crippen LogP contribution is 2.59. The maximum Gasteiger partial charge on any atom is 0.211 e. The van der Waals surface area contributed by atoms with Crippen molar-refractivity contribution in [2.45, 2.75) is 83.6 Å². The first-order valence-electron chi connectivity index (χ1n) is 7.71. The van der Waals surface area contributed by atoms with E-state index in [1.165, 1.54) is 32.1 Å². The Labute approximate surface area is 133 Å². The van der Waals surface area contributed by atoms with E-state index in [9.17, 15) is 0 Å². The van der Waals surface area contributed by atoms with Crippen molar-refractivity contribution in [3.63, 3.8) is 0 Å². The molecule has 118 valence electrons. The van der Waals surface area contributed by atoms with Crippen molar-refractivity contribution in [3.05, 3.63) is 0 Å². The molecule has 3 nitrogen and oxygen atoms in total. The van der Waals surface area contributed by atoms with E-state index in [0.29, 0.717) is 11.3 Å². The Hall–Kier alpha value is 0.430. The van der Waals surface area contributed by atoms with Crippen molar-refractivity contribution >= 4 is 35.1 Å². The van der Waals surface area contributed by atoms with Gasteiger partial charge in [0.25, 0.3) is 0 Å². The summed E-state index contributed by atoms with van der Waals surface area (Å²) in [7, 11) is 0. The summed E-state index contributed by atoms with van der Waals surface area (Å²) >= 11 is 7.50. The SMILES string of the molecule is CCC(C)SP(=S)(NC=NC1CCCCC1)OC(C)C. The fourth-order valence-electron chi connectivity index (χ4n) is 2.11. The molecule has 0 aromatic rings. The zero-order valence-electron chi connectivity index (χ0n) is 13.2. The van der Waals surface area contributed by atoms with Crippen LogP contribution in [0.2, 0.25) is 0 Å². The minimum absolute atomic E-state index is 0.146. The van der Waals surface area contributed by atoms with Crippen LogP contribution in [0.5, 0.6) is 0 Å². The monoisotopic (exact) mass is 336 g/mol. The molecule has 0 bridgehead atoms. The summed E-state index contributed by atoms with van der Waals surface area (Å²) in [6, 6.07) is 0.479. The highest BCUT2D eigenvalue weighted by atomic mass is 32.9. The molecule has 0 aliphatic heterocycles. The Morgan fingerprint density at radius 3 is 2.55 bits per heavy atom. The van der Waals surface area contributed by atoms with Gasteiger partial charge in [0.2, 0.25) is 5.62 Å². The zero-order valence-corrected chi connectivity index (χ0v) is 15.7. The van der Waals surface area contributed by atoms with Crippen LogP contribution >= 0.6 is 17.0 Å². The van der Waals surface area contributed by atoms with Gasteiger partial charge in [0, 0.05) is 5.25 Å². The van der Waals surface area contributed by atoms with E-state index in [4.69, 9.17) is 16.3 Å². The first-order chi connectivity index (χ1) is 9.45. The lowest BCUT2D eigenvalue weighted by Gasteiger charge is -2.26. The molecule has 0 spiro atoms. The van der Waals surface area contributed by atoms with Crippen LogP contribution in [0, 0.1) is 0 Å². The highest BCUT2D eigenvalue weighted by Gasteiger charge is 2.22. The van der Waals surface area contributed by atoms with E-state index in [1.807, 2.05) is 20.2 Å². The van der Waals surface area contributed by atoms with Crippen molar-refractivity contribution in [1.29, 1.82) is 0 Å². The normalized spacial score (nSPS) is 22.1. The number of nitrogens with zero attached hydrogens (tertiary/aromatic N) is 1. The first kappa shape index (κ1) is 18.5. The number of rotatable bonds is 8. The third-order valence-corrected chi connectivity index (χ3v) is 9.26. The first-order valence-corrected chi connectivity index (χ1v) is 11.9. The van der Waals surface area contributed by atoms with Crippen molar-refractivity contribution in [2.75, 3.05) is 0 Å². The van der Waals surface area contributed by atoms with Crippen LogP contribution in [-0.2, 0) is 16.3 Å². The van der Waals surface area contributed by atoms with Crippen LogP contribution in [0.4, 0.5) is 0 Å². The molecule has 1 fully saturated rings. The van der Waals surface area contributed by atoms with Gasteiger partial charge in [-0.1, -0.05) is 44.5 Å². The van der Waals surface area contributed by atoms with Crippen molar-refractivity contribution in [2.24, 2.45) is 4.99 Å². The van der Waals surface area contributed by atoms with E-state index in [2.05, 4.69) is 23.9 Å². The lowest BCUT2D eigenvalue weighted by molar-refractivity contribution is 0.274. The predicted molar refractivity (Wildman–Crippen MR) is 96.4 cm³/mol. The van der Waals surface area contributed by atoms with E-state index in [0.717, 1.165) is 6.42 Å². The van der Waals surface area contributed by atoms with Gasteiger partial charge < -0.3 is 9.61 Å². The molecule has 6 heteroatoms. The Morgan fingerprint density at radius 1 is 1.35 bits per heavy atom. The smallest absolute Gasteiger partial charge is 0.211 e. The third-order valence-electron chi connectivity index (χ3n) is 3.32. The largest absolute Gasteiger partial charge is 0.324 e. The lowest BCUT2D eigenvalue weighted by Crippen LogP contribution is -2.16. The van der Waals surface area contributed by atoms with Gasteiger partial charge in [-0.3, -0.25) is 4.99 Å². The predicted octanol–water partition coefficient (Wildman–Crippen LogP) is 5.12. The minimum Gasteiger partial charge on any atom is -0.324 e. The molecule has 1 aliphatic carbocycles. The summed E-state index contributed by atoms with van der Waals surface area (Å²) in [6.45, 7) is 8.47. The average molecular weight is 337 g/mol. The van der Waals surface area contributed by atoms with Crippen molar-refractivity contribution < 1.29 is 4.52 Å². The molecule has 2 atom stereocenters. The second-order valence-electron chi connectivity index (χ2n) is 5.68. The Kier molecular flexibility index (Phi) is 8.73. The molecule has 0 aromatic carbocycles. The number of hydrogen-bond acceptors (Lipinski definition) is 4. The van der Waals surface area contributed by atoms with Crippen LogP contribution in [-0.4, -0.2) is 23.7 Å². The second kappa shape index (κ2) is 9.45. The summed E-state index contributed by atoms with van der Waals surface area (Å²) in [4.78, 5) is 4.64.